The standard InChI is InChI=1S/C45H27N3OS/c1-3-11-28(12-4-1)29-21-23-31(24-22-29)44-46-43(30-13-5-2-6-14-30)47-45(48-44)32-25-26-37-39(27-32)49-38-19-10-16-34(41(37)38)36-18-9-17-35-33-15-7-8-20-40(33)50-42(35)36/h1-27H. The molecule has 0 saturated carbocycles. The molecule has 3 aromatic heterocycles. The van der Waals surface area contributed by atoms with Crippen LogP contribution < -0.4 is 0 Å². The third-order valence-corrected chi connectivity index (χ3v) is 10.6. The average Bonchev–Trinajstić information content (AvgIpc) is 3.77. The van der Waals surface area contributed by atoms with Crippen molar-refractivity contribution in [1.82, 2.24) is 15.0 Å². The van der Waals surface area contributed by atoms with Crippen molar-refractivity contribution in [3.63, 3.8) is 0 Å². The highest BCUT2D eigenvalue weighted by Crippen LogP contribution is 2.44. The van der Waals surface area contributed by atoms with E-state index < -0.39 is 0 Å². The largest absolute Gasteiger partial charge is 0.456 e. The molecule has 0 bridgehead atoms. The minimum Gasteiger partial charge on any atom is -0.456 e. The summed E-state index contributed by atoms with van der Waals surface area (Å²) in [4.78, 5) is 14.9. The molecule has 10 rings (SSSR count). The second kappa shape index (κ2) is 11.6. The Kier molecular flexibility index (Phi) is 6.64. The maximum Gasteiger partial charge on any atom is 0.164 e. The molecule has 0 atom stereocenters. The van der Waals surface area contributed by atoms with Crippen molar-refractivity contribution < 1.29 is 4.42 Å². The van der Waals surface area contributed by atoms with Crippen LogP contribution in [0.15, 0.2) is 168 Å². The minimum absolute atomic E-state index is 0.596. The van der Waals surface area contributed by atoms with Gasteiger partial charge in [0.2, 0.25) is 0 Å². The molecule has 5 heteroatoms. The van der Waals surface area contributed by atoms with Crippen molar-refractivity contribution >= 4 is 53.4 Å². The highest BCUT2D eigenvalue weighted by atomic mass is 32.1. The summed E-state index contributed by atoms with van der Waals surface area (Å²) in [5.41, 5.74) is 9.07. The number of nitrogens with zero attached hydrogens (tertiary/aromatic N) is 3. The van der Waals surface area contributed by atoms with Crippen LogP contribution in [0.4, 0.5) is 0 Å². The van der Waals surface area contributed by atoms with Gasteiger partial charge in [0, 0.05) is 53.2 Å². The van der Waals surface area contributed by atoms with E-state index in [-0.39, 0.29) is 0 Å². The molecule has 0 N–H and O–H groups in total. The lowest BCUT2D eigenvalue weighted by Crippen LogP contribution is -2.00. The molecule has 4 nitrogen and oxygen atoms in total. The maximum absolute atomic E-state index is 6.56. The van der Waals surface area contributed by atoms with E-state index in [1.54, 1.807) is 0 Å². The first-order chi connectivity index (χ1) is 24.8. The van der Waals surface area contributed by atoms with Crippen molar-refractivity contribution in [3.05, 3.63) is 164 Å². The van der Waals surface area contributed by atoms with Crippen LogP contribution in [0.25, 0.3) is 98.5 Å². The molecule has 0 aliphatic heterocycles. The molecule has 0 saturated heterocycles. The van der Waals surface area contributed by atoms with Crippen LogP contribution >= 0.6 is 11.3 Å². The number of hydrogen-bond acceptors (Lipinski definition) is 5. The van der Waals surface area contributed by atoms with E-state index in [9.17, 15) is 0 Å². The van der Waals surface area contributed by atoms with Gasteiger partial charge < -0.3 is 4.42 Å². The second-order valence-electron chi connectivity index (χ2n) is 12.4. The minimum atomic E-state index is 0.596. The average molecular weight is 658 g/mol. The van der Waals surface area contributed by atoms with Crippen LogP contribution in [0.5, 0.6) is 0 Å². The monoisotopic (exact) mass is 657 g/mol. The van der Waals surface area contributed by atoms with Gasteiger partial charge in [-0.05, 0) is 41.0 Å². The zero-order valence-electron chi connectivity index (χ0n) is 26.7. The van der Waals surface area contributed by atoms with E-state index in [0.717, 1.165) is 44.2 Å². The molecule has 50 heavy (non-hydrogen) atoms. The quantitative estimate of drug-likeness (QED) is 0.185. The van der Waals surface area contributed by atoms with Crippen LogP contribution in [-0.2, 0) is 0 Å². The molecule has 0 spiro atoms. The highest BCUT2D eigenvalue weighted by molar-refractivity contribution is 7.26. The first-order valence-corrected chi connectivity index (χ1v) is 17.4. The van der Waals surface area contributed by atoms with Gasteiger partial charge in [-0.25, -0.2) is 15.0 Å². The van der Waals surface area contributed by atoms with Crippen molar-refractivity contribution in [2.24, 2.45) is 0 Å². The molecule has 0 aliphatic carbocycles. The second-order valence-corrected chi connectivity index (χ2v) is 13.4. The molecule has 0 fully saturated rings. The maximum atomic E-state index is 6.56. The molecule has 10 aromatic rings. The van der Waals surface area contributed by atoms with E-state index in [1.165, 1.54) is 36.9 Å². The third kappa shape index (κ3) is 4.79. The Hall–Kier alpha value is -6.43. The zero-order chi connectivity index (χ0) is 33.0. The molecule has 7 aromatic carbocycles. The van der Waals surface area contributed by atoms with E-state index in [2.05, 4.69) is 127 Å². The predicted octanol–water partition coefficient (Wildman–Crippen LogP) is 12.5. The predicted molar refractivity (Wildman–Crippen MR) is 207 cm³/mol. The van der Waals surface area contributed by atoms with E-state index >= 15 is 0 Å². The van der Waals surface area contributed by atoms with Gasteiger partial charge >= 0.3 is 0 Å². The van der Waals surface area contributed by atoms with Crippen LogP contribution in [-0.4, -0.2) is 15.0 Å². The summed E-state index contributed by atoms with van der Waals surface area (Å²) in [6, 6.07) is 56.7. The van der Waals surface area contributed by atoms with Gasteiger partial charge in [0.25, 0.3) is 0 Å². The normalized spacial score (nSPS) is 11.6. The third-order valence-electron chi connectivity index (χ3n) is 9.37. The summed E-state index contributed by atoms with van der Waals surface area (Å²) >= 11 is 1.84. The topological polar surface area (TPSA) is 51.8 Å². The van der Waals surface area contributed by atoms with Crippen LogP contribution in [0.1, 0.15) is 0 Å². The van der Waals surface area contributed by atoms with Gasteiger partial charge in [-0.2, -0.15) is 0 Å². The van der Waals surface area contributed by atoms with Gasteiger partial charge in [-0.1, -0.05) is 140 Å². The van der Waals surface area contributed by atoms with Gasteiger partial charge in [0.05, 0.1) is 0 Å². The summed E-state index contributed by atoms with van der Waals surface area (Å²) < 4.78 is 9.15. The molecule has 234 valence electrons. The number of benzene rings is 7. The Morgan fingerprint density at radius 3 is 1.72 bits per heavy atom. The van der Waals surface area contributed by atoms with Gasteiger partial charge in [-0.3, -0.25) is 0 Å². The van der Waals surface area contributed by atoms with Crippen LogP contribution in [0.2, 0.25) is 0 Å². The van der Waals surface area contributed by atoms with Crippen molar-refractivity contribution in [1.29, 1.82) is 0 Å². The van der Waals surface area contributed by atoms with Crippen molar-refractivity contribution in [2.45, 2.75) is 0 Å². The number of hydrogen-bond donors (Lipinski definition) is 0. The molecule has 0 amide bonds. The first kappa shape index (κ1) is 28.6. The van der Waals surface area contributed by atoms with Crippen LogP contribution in [0, 0.1) is 0 Å². The summed E-state index contributed by atoms with van der Waals surface area (Å²) in [5.74, 6) is 1.84. The SMILES string of the molecule is c1ccc(-c2ccc(-c3nc(-c4ccccc4)nc(-c4ccc5c(c4)oc4cccc(-c6cccc7c6sc6ccccc67)c45)n3)cc2)cc1. The van der Waals surface area contributed by atoms with E-state index in [0.29, 0.717) is 17.5 Å². The van der Waals surface area contributed by atoms with Crippen LogP contribution in [0.3, 0.4) is 0 Å². The lowest BCUT2D eigenvalue weighted by molar-refractivity contribution is 0.669. The molecule has 0 aliphatic rings. The van der Waals surface area contributed by atoms with Crippen molar-refractivity contribution in [3.8, 4) is 56.4 Å². The lowest BCUT2D eigenvalue weighted by atomic mass is 9.97. The number of thiophene rings is 1. The number of rotatable bonds is 5. The smallest absolute Gasteiger partial charge is 0.164 e. The number of fused-ring (bicyclic) bond motifs is 6. The molecule has 0 radical (unpaired) electrons. The Balaban J connectivity index is 1.11. The number of aromatic nitrogens is 3. The molecular weight excluding hydrogens is 631 g/mol. The van der Waals surface area contributed by atoms with Gasteiger partial charge in [0.1, 0.15) is 11.2 Å². The zero-order valence-corrected chi connectivity index (χ0v) is 27.6. The van der Waals surface area contributed by atoms with E-state index in [4.69, 9.17) is 19.4 Å². The summed E-state index contributed by atoms with van der Waals surface area (Å²) in [6.07, 6.45) is 0. The summed E-state index contributed by atoms with van der Waals surface area (Å²) in [5, 5.41) is 4.75. The Bertz CT molecular complexity index is 2860. The fourth-order valence-electron chi connectivity index (χ4n) is 6.94. The van der Waals surface area contributed by atoms with Crippen molar-refractivity contribution in [2.75, 3.05) is 0 Å². The lowest BCUT2D eigenvalue weighted by Gasteiger charge is -2.09. The molecular formula is C45H27N3OS. The summed E-state index contributed by atoms with van der Waals surface area (Å²) in [6.45, 7) is 0. The Morgan fingerprint density at radius 1 is 0.380 bits per heavy atom. The fourth-order valence-corrected chi connectivity index (χ4v) is 8.17. The van der Waals surface area contributed by atoms with Gasteiger partial charge in [-0.15, -0.1) is 11.3 Å². The molecule has 3 heterocycles. The Morgan fingerprint density at radius 2 is 0.940 bits per heavy atom. The Labute approximate surface area is 292 Å². The first-order valence-electron chi connectivity index (χ1n) is 16.6. The van der Waals surface area contributed by atoms with E-state index in [1.807, 2.05) is 47.7 Å². The fraction of sp³-hybridized carbons (Fsp3) is 0. The highest BCUT2D eigenvalue weighted by Gasteiger charge is 2.18. The molecule has 0 unspecified atom stereocenters. The van der Waals surface area contributed by atoms with Gasteiger partial charge in [0.15, 0.2) is 17.5 Å². The summed E-state index contributed by atoms with van der Waals surface area (Å²) in [7, 11) is 0. The number of furan rings is 1.